The molecule has 0 aliphatic heterocycles. The number of nitrogen functional groups attached to an aromatic ring is 2. The van der Waals surface area contributed by atoms with Gasteiger partial charge in [-0.2, -0.15) is 9.97 Å². The molecule has 0 spiro atoms. The highest BCUT2D eigenvalue weighted by molar-refractivity contribution is 6.35. The van der Waals surface area contributed by atoms with E-state index in [1.807, 2.05) is 18.2 Å². The molecular weight excluding hydrogens is 432 g/mol. The first-order valence-corrected chi connectivity index (χ1v) is 9.97. The zero-order chi connectivity index (χ0) is 22.8. The van der Waals surface area contributed by atoms with Gasteiger partial charge in [-0.25, -0.2) is 4.98 Å². The van der Waals surface area contributed by atoms with Crippen molar-refractivity contribution in [3.8, 4) is 5.69 Å². The summed E-state index contributed by atoms with van der Waals surface area (Å²) in [6.07, 6.45) is 0.300. The minimum Gasteiger partial charge on any atom is -0.383 e. The van der Waals surface area contributed by atoms with Crippen LogP contribution in [0, 0.1) is 0 Å². The van der Waals surface area contributed by atoms with Gasteiger partial charge in [0.15, 0.2) is 0 Å². The van der Waals surface area contributed by atoms with Crippen LogP contribution in [-0.4, -0.2) is 32.0 Å². The molecule has 2 heterocycles. The SMILES string of the molecule is NC(=O)c1c(N)nc(N)nc1NCCc1nc2cccc(Cl)c2c(=O)n1-c1ccccc1. The number of aromatic nitrogens is 4. The van der Waals surface area contributed by atoms with Crippen LogP contribution in [0.3, 0.4) is 0 Å². The largest absolute Gasteiger partial charge is 0.383 e. The monoisotopic (exact) mass is 450 g/mol. The standard InChI is InChI=1S/C21H19ClN8O2/c22-12-7-4-8-13-15(12)20(32)30(11-5-2-1-3-6-11)14(27-13)9-10-26-19-16(18(24)31)17(23)28-21(25)29-19/h1-8H,9-10H2,(H2,24,31)(H5,23,25,26,28,29). The van der Waals surface area contributed by atoms with Crippen molar-refractivity contribution in [1.82, 2.24) is 19.5 Å². The normalized spacial score (nSPS) is 10.9. The second-order valence-corrected chi connectivity index (χ2v) is 7.28. The molecule has 0 fully saturated rings. The molecule has 2 aromatic carbocycles. The van der Waals surface area contributed by atoms with Crippen molar-refractivity contribution in [1.29, 1.82) is 0 Å². The van der Waals surface area contributed by atoms with Crippen LogP contribution in [0.15, 0.2) is 53.3 Å². The summed E-state index contributed by atoms with van der Waals surface area (Å²) in [4.78, 5) is 37.5. The summed E-state index contributed by atoms with van der Waals surface area (Å²) < 4.78 is 1.51. The van der Waals surface area contributed by atoms with E-state index in [4.69, 9.17) is 28.8 Å². The van der Waals surface area contributed by atoms with Crippen molar-refractivity contribution in [2.24, 2.45) is 5.73 Å². The Kier molecular flexibility index (Phi) is 5.61. The van der Waals surface area contributed by atoms with Gasteiger partial charge in [0.25, 0.3) is 11.5 Å². The average molecular weight is 451 g/mol. The van der Waals surface area contributed by atoms with E-state index in [0.29, 0.717) is 33.9 Å². The Labute approximate surface area is 187 Å². The number of anilines is 3. The molecule has 1 amide bonds. The highest BCUT2D eigenvalue weighted by Crippen LogP contribution is 2.22. The third-order valence-corrected chi connectivity index (χ3v) is 5.09. The lowest BCUT2D eigenvalue weighted by atomic mass is 10.2. The Morgan fingerprint density at radius 3 is 2.50 bits per heavy atom. The number of nitrogens with two attached hydrogens (primary N) is 3. The third-order valence-electron chi connectivity index (χ3n) is 4.77. The van der Waals surface area contributed by atoms with Gasteiger partial charge in [0.1, 0.15) is 23.0 Å². The number of nitrogens with zero attached hydrogens (tertiary/aromatic N) is 4. The summed E-state index contributed by atoms with van der Waals surface area (Å²) >= 11 is 6.29. The Morgan fingerprint density at radius 1 is 1.03 bits per heavy atom. The Bertz CT molecular complexity index is 1390. The van der Waals surface area contributed by atoms with E-state index in [9.17, 15) is 9.59 Å². The van der Waals surface area contributed by atoms with Crippen molar-refractivity contribution >= 4 is 46.0 Å². The number of hydrogen-bond acceptors (Lipinski definition) is 8. The number of carbonyl (C=O) groups excluding carboxylic acids is 1. The predicted molar refractivity (Wildman–Crippen MR) is 124 cm³/mol. The van der Waals surface area contributed by atoms with Gasteiger partial charge in [-0.15, -0.1) is 0 Å². The Hall–Kier alpha value is -4.18. The first-order valence-electron chi connectivity index (χ1n) is 9.59. The molecule has 7 N–H and O–H groups in total. The van der Waals surface area contributed by atoms with Crippen LogP contribution in [0.1, 0.15) is 16.2 Å². The van der Waals surface area contributed by atoms with Crippen molar-refractivity contribution in [2.75, 3.05) is 23.3 Å². The summed E-state index contributed by atoms with van der Waals surface area (Å²) in [5.41, 5.74) is 17.6. The maximum Gasteiger partial charge on any atom is 0.267 e. The number of nitrogens with one attached hydrogen (secondary N) is 1. The molecule has 0 aliphatic carbocycles. The molecule has 11 heteroatoms. The van der Waals surface area contributed by atoms with Crippen LogP contribution in [-0.2, 0) is 6.42 Å². The number of hydrogen-bond donors (Lipinski definition) is 4. The van der Waals surface area contributed by atoms with E-state index in [2.05, 4.69) is 20.3 Å². The minimum absolute atomic E-state index is 0.0575. The fourth-order valence-electron chi connectivity index (χ4n) is 3.41. The number of rotatable bonds is 6. The number of para-hydroxylation sites is 1. The predicted octanol–water partition coefficient (Wildman–Crippen LogP) is 1.75. The molecule has 0 saturated heterocycles. The maximum absolute atomic E-state index is 13.3. The Balaban J connectivity index is 1.74. The first-order chi connectivity index (χ1) is 15.4. The van der Waals surface area contributed by atoms with Crippen LogP contribution in [0.25, 0.3) is 16.6 Å². The van der Waals surface area contributed by atoms with E-state index < -0.39 is 5.91 Å². The van der Waals surface area contributed by atoms with Gasteiger partial charge in [-0.3, -0.25) is 14.2 Å². The van der Waals surface area contributed by atoms with Crippen LogP contribution >= 0.6 is 11.6 Å². The van der Waals surface area contributed by atoms with Crippen molar-refractivity contribution in [3.63, 3.8) is 0 Å². The second kappa shape index (κ2) is 8.52. The van der Waals surface area contributed by atoms with Gasteiger partial charge in [-0.05, 0) is 24.3 Å². The first kappa shape index (κ1) is 21.1. The van der Waals surface area contributed by atoms with Crippen molar-refractivity contribution < 1.29 is 4.79 Å². The zero-order valence-electron chi connectivity index (χ0n) is 16.7. The number of benzene rings is 2. The summed E-state index contributed by atoms with van der Waals surface area (Å²) in [5, 5.41) is 3.65. The molecule has 4 aromatic rings. The summed E-state index contributed by atoms with van der Waals surface area (Å²) in [6.45, 7) is 0.252. The number of amides is 1. The van der Waals surface area contributed by atoms with E-state index in [-0.39, 0.29) is 35.3 Å². The molecule has 32 heavy (non-hydrogen) atoms. The highest BCUT2D eigenvalue weighted by atomic mass is 35.5. The molecule has 0 atom stereocenters. The van der Waals surface area contributed by atoms with Gasteiger partial charge in [0.05, 0.1) is 21.6 Å². The quantitative estimate of drug-likeness (QED) is 0.344. The molecule has 2 aromatic heterocycles. The number of primary amides is 1. The van der Waals surface area contributed by atoms with Gasteiger partial charge in [0, 0.05) is 13.0 Å². The third kappa shape index (κ3) is 3.91. The highest BCUT2D eigenvalue weighted by Gasteiger charge is 2.18. The number of halogens is 1. The van der Waals surface area contributed by atoms with Crippen LogP contribution in [0.4, 0.5) is 17.6 Å². The molecule has 10 nitrogen and oxygen atoms in total. The van der Waals surface area contributed by atoms with Gasteiger partial charge in [-0.1, -0.05) is 35.9 Å². The number of carbonyl (C=O) groups is 1. The lowest BCUT2D eigenvalue weighted by molar-refractivity contribution is 0.100. The van der Waals surface area contributed by atoms with Crippen LogP contribution in [0.2, 0.25) is 5.02 Å². The van der Waals surface area contributed by atoms with Crippen molar-refractivity contribution in [3.05, 3.63) is 75.3 Å². The fraction of sp³-hybridized carbons (Fsp3) is 0.0952. The lowest BCUT2D eigenvalue weighted by Crippen LogP contribution is -2.26. The van der Waals surface area contributed by atoms with Crippen LogP contribution in [0.5, 0.6) is 0 Å². The smallest absolute Gasteiger partial charge is 0.267 e. The Morgan fingerprint density at radius 2 is 1.78 bits per heavy atom. The summed E-state index contributed by atoms with van der Waals surface area (Å²) in [6, 6.07) is 14.2. The molecule has 4 rings (SSSR count). The molecule has 0 aliphatic rings. The maximum atomic E-state index is 13.3. The molecule has 162 valence electrons. The van der Waals surface area contributed by atoms with Crippen molar-refractivity contribution in [2.45, 2.75) is 6.42 Å². The summed E-state index contributed by atoms with van der Waals surface area (Å²) in [7, 11) is 0. The van der Waals surface area contributed by atoms with E-state index >= 15 is 0 Å². The van der Waals surface area contributed by atoms with E-state index in [1.165, 1.54) is 4.57 Å². The average Bonchev–Trinajstić information content (AvgIpc) is 2.73. The molecule has 0 radical (unpaired) electrons. The zero-order valence-corrected chi connectivity index (χ0v) is 17.5. The summed E-state index contributed by atoms with van der Waals surface area (Å²) in [5.74, 6) is -0.412. The molecule has 0 saturated carbocycles. The lowest BCUT2D eigenvalue weighted by Gasteiger charge is -2.15. The molecule has 0 unspecified atom stereocenters. The molecular formula is C21H19ClN8O2. The minimum atomic E-state index is -0.787. The fourth-order valence-corrected chi connectivity index (χ4v) is 3.66. The van der Waals surface area contributed by atoms with Gasteiger partial charge in [0.2, 0.25) is 5.95 Å². The second-order valence-electron chi connectivity index (χ2n) is 6.87. The number of fused-ring (bicyclic) bond motifs is 1. The van der Waals surface area contributed by atoms with E-state index in [1.54, 1.807) is 30.3 Å². The van der Waals surface area contributed by atoms with Crippen LogP contribution < -0.4 is 28.1 Å². The topological polar surface area (TPSA) is 168 Å². The van der Waals surface area contributed by atoms with Gasteiger partial charge < -0.3 is 22.5 Å². The molecule has 0 bridgehead atoms. The van der Waals surface area contributed by atoms with Gasteiger partial charge >= 0.3 is 0 Å². The van der Waals surface area contributed by atoms with E-state index in [0.717, 1.165) is 0 Å².